The molecule has 5 heteroatoms. The van der Waals surface area contributed by atoms with Gasteiger partial charge in [-0.3, -0.25) is 9.59 Å². The summed E-state index contributed by atoms with van der Waals surface area (Å²) < 4.78 is 0. The summed E-state index contributed by atoms with van der Waals surface area (Å²) in [5.74, 6) is -0.0853. The first-order valence-electron chi connectivity index (χ1n) is 7.75. The molecule has 0 atom stereocenters. The van der Waals surface area contributed by atoms with Crippen molar-refractivity contribution in [1.29, 1.82) is 0 Å². The maximum Gasteiger partial charge on any atom is 0.221 e. The lowest BCUT2D eigenvalue weighted by Crippen LogP contribution is -2.34. The molecule has 5 nitrogen and oxygen atoms in total. The summed E-state index contributed by atoms with van der Waals surface area (Å²) in [6.45, 7) is 8.87. The van der Waals surface area contributed by atoms with Gasteiger partial charge < -0.3 is 16.0 Å². The van der Waals surface area contributed by atoms with Gasteiger partial charge in [0, 0.05) is 37.7 Å². The molecule has 0 aliphatic heterocycles. The Morgan fingerprint density at radius 3 is 2.14 bits per heavy atom. The van der Waals surface area contributed by atoms with Crippen LogP contribution in [0.1, 0.15) is 37.8 Å². The van der Waals surface area contributed by atoms with Crippen LogP contribution < -0.4 is 16.0 Å². The van der Waals surface area contributed by atoms with Gasteiger partial charge in [-0.15, -0.1) is 0 Å². The number of carbonyl (C=O) groups is 2. The van der Waals surface area contributed by atoms with E-state index in [-0.39, 0.29) is 17.9 Å². The number of benzene rings is 1. The largest absolute Gasteiger partial charge is 0.385 e. The van der Waals surface area contributed by atoms with Crippen LogP contribution in [0.5, 0.6) is 0 Å². The van der Waals surface area contributed by atoms with Gasteiger partial charge in [-0.25, -0.2) is 0 Å². The van der Waals surface area contributed by atoms with Crippen LogP contribution in [0.25, 0.3) is 0 Å². The average Bonchev–Trinajstić information content (AvgIpc) is 2.36. The monoisotopic (exact) mass is 305 g/mol. The minimum atomic E-state index is -0.0470. The zero-order valence-corrected chi connectivity index (χ0v) is 14.0. The molecule has 0 saturated carbocycles. The SMILES string of the molecule is Cc1cc(C)cc(NCCC(=O)NCCC(=O)NC(C)C)c1. The highest BCUT2D eigenvalue weighted by Crippen LogP contribution is 2.13. The summed E-state index contributed by atoms with van der Waals surface area (Å²) in [6, 6.07) is 6.35. The summed E-state index contributed by atoms with van der Waals surface area (Å²) in [5.41, 5.74) is 3.42. The van der Waals surface area contributed by atoms with E-state index in [9.17, 15) is 9.59 Å². The Balaban J connectivity index is 2.19. The van der Waals surface area contributed by atoms with Crippen molar-refractivity contribution in [1.82, 2.24) is 10.6 Å². The van der Waals surface area contributed by atoms with Crippen LogP contribution in [0, 0.1) is 13.8 Å². The minimum Gasteiger partial charge on any atom is -0.385 e. The quantitative estimate of drug-likeness (QED) is 0.689. The third-order valence-corrected chi connectivity index (χ3v) is 3.03. The van der Waals surface area contributed by atoms with Gasteiger partial charge in [-0.1, -0.05) is 6.07 Å². The van der Waals surface area contributed by atoms with E-state index in [1.165, 1.54) is 11.1 Å². The first-order chi connectivity index (χ1) is 10.4. The predicted molar refractivity (Wildman–Crippen MR) is 89.9 cm³/mol. The highest BCUT2D eigenvalue weighted by Gasteiger charge is 2.05. The fourth-order valence-electron chi connectivity index (χ4n) is 2.20. The molecule has 1 rings (SSSR count). The Morgan fingerprint density at radius 2 is 1.55 bits per heavy atom. The highest BCUT2D eigenvalue weighted by molar-refractivity contribution is 5.79. The maximum atomic E-state index is 11.7. The molecule has 122 valence electrons. The fourth-order valence-corrected chi connectivity index (χ4v) is 2.20. The highest BCUT2D eigenvalue weighted by atomic mass is 16.2. The van der Waals surface area contributed by atoms with Crippen LogP contribution in [0.15, 0.2) is 18.2 Å². The molecular weight excluding hydrogens is 278 g/mol. The van der Waals surface area contributed by atoms with Crippen molar-refractivity contribution in [3.63, 3.8) is 0 Å². The van der Waals surface area contributed by atoms with E-state index in [1.807, 2.05) is 27.7 Å². The van der Waals surface area contributed by atoms with Crippen LogP contribution in [0.4, 0.5) is 5.69 Å². The van der Waals surface area contributed by atoms with Crippen molar-refractivity contribution in [2.45, 2.75) is 46.6 Å². The number of amides is 2. The van der Waals surface area contributed by atoms with Gasteiger partial charge in [0.1, 0.15) is 0 Å². The molecule has 0 unspecified atom stereocenters. The lowest BCUT2D eigenvalue weighted by atomic mass is 10.1. The normalized spacial score (nSPS) is 10.4. The molecule has 0 bridgehead atoms. The number of hydrogen-bond acceptors (Lipinski definition) is 3. The third-order valence-electron chi connectivity index (χ3n) is 3.03. The Labute approximate surface area is 132 Å². The van der Waals surface area contributed by atoms with Gasteiger partial charge in [0.2, 0.25) is 11.8 Å². The van der Waals surface area contributed by atoms with Crippen molar-refractivity contribution in [2.24, 2.45) is 0 Å². The second kappa shape index (κ2) is 9.07. The van der Waals surface area contributed by atoms with Crippen LogP contribution >= 0.6 is 0 Å². The summed E-state index contributed by atoms with van der Waals surface area (Å²) in [7, 11) is 0. The summed E-state index contributed by atoms with van der Waals surface area (Å²) in [4.78, 5) is 23.1. The lowest BCUT2D eigenvalue weighted by molar-refractivity contribution is -0.122. The molecule has 0 fully saturated rings. The van der Waals surface area contributed by atoms with E-state index in [0.29, 0.717) is 25.9 Å². The standard InChI is InChI=1S/C17H27N3O2/c1-12(2)20-17(22)6-8-19-16(21)5-7-18-15-10-13(3)9-14(4)11-15/h9-12,18H,5-8H2,1-4H3,(H,19,21)(H,20,22). The molecule has 0 heterocycles. The van der Waals surface area contributed by atoms with E-state index in [1.54, 1.807) is 0 Å². The Hall–Kier alpha value is -2.04. The molecule has 0 aliphatic carbocycles. The molecule has 0 aromatic heterocycles. The molecule has 2 amide bonds. The lowest BCUT2D eigenvalue weighted by Gasteiger charge is -2.10. The van der Waals surface area contributed by atoms with Gasteiger partial charge >= 0.3 is 0 Å². The summed E-state index contributed by atoms with van der Waals surface area (Å²) in [5, 5.41) is 8.79. The molecule has 0 spiro atoms. The predicted octanol–water partition coefficient (Wildman–Crippen LogP) is 2.14. The molecule has 0 aliphatic rings. The smallest absolute Gasteiger partial charge is 0.221 e. The number of anilines is 1. The number of aryl methyl sites for hydroxylation is 2. The van der Waals surface area contributed by atoms with Gasteiger partial charge in [-0.05, 0) is 51.0 Å². The first kappa shape index (κ1) is 18.0. The maximum absolute atomic E-state index is 11.7. The first-order valence-corrected chi connectivity index (χ1v) is 7.75. The number of hydrogen-bond donors (Lipinski definition) is 3. The van der Waals surface area contributed by atoms with E-state index < -0.39 is 0 Å². The molecule has 0 radical (unpaired) electrons. The van der Waals surface area contributed by atoms with Gasteiger partial charge in [-0.2, -0.15) is 0 Å². The zero-order valence-electron chi connectivity index (χ0n) is 14.0. The van der Waals surface area contributed by atoms with Gasteiger partial charge in [0.05, 0.1) is 0 Å². The molecular formula is C17H27N3O2. The topological polar surface area (TPSA) is 70.2 Å². The zero-order chi connectivity index (χ0) is 16.5. The Morgan fingerprint density at radius 1 is 0.955 bits per heavy atom. The number of nitrogens with one attached hydrogen (secondary N) is 3. The van der Waals surface area contributed by atoms with Crippen LogP contribution in [0.3, 0.4) is 0 Å². The Kier molecular flexibility index (Phi) is 7.43. The van der Waals surface area contributed by atoms with Crippen LogP contribution in [0.2, 0.25) is 0 Å². The summed E-state index contributed by atoms with van der Waals surface area (Å²) in [6.07, 6.45) is 0.702. The van der Waals surface area contributed by atoms with Crippen molar-refractivity contribution >= 4 is 17.5 Å². The average molecular weight is 305 g/mol. The second-order valence-corrected chi connectivity index (χ2v) is 5.88. The van der Waals surface area contributed by atoms with Crippen LogP contribution in [-0.2, 0) is 9.59 Å². The van der Waals surface area contributed by atoms with Crippen molar-refractivity contribution in [3.8, 4) is 0 Å². The van der Waals surface area contributed by atoms with Gasteiger partial charge in [0.15, 0.2) is 0 Å². The molecule has 1 aromatic carbocycles. The third kappa shape index (κ3) is 7.67. The molecule has 1 aromatic rings. The van der Waals surface area contributed by atoms with Crippen LogP contribution in [-0.4, -0.2) is 30.9 Å². The van der Waals surface area contributed by atoms with E-state index in [4.69, 9.17) is 0 Å². The van der Waals surface area contributed by atoms with Crippen molar-refractivity contribution in [2.75, 3.05) is 18.4 Å². The van der Waals surface area contributed by atoms with E-state index >= 15 is 0 Å². The number of rotatable bonds is 8. The van der Waals surface area contributed by atoms with E-state index in [2.05, 4.69) is 34.1 Å². The summed E-state index contributed by atoms with van der Waals surface area (Å²) >= 11 is 0. The van der Waals surface area contributed by atoms with Crippen molar-refractivity contribution < 1.29 is 9.59 Å². The van der Waals surface area contributed by atoms with Crippen molar-refractivity contribution in [3.05, 3.63) is 29.3 Å². The minimum absolute atomic E-state index is 0.0383. The van der Waals surface area contributed by atoms with E-state index in [0.717, 1.165) is 5.69 Å². The Bertz CT molecular complexity index is 492. The molecule has 22 heavy (non-hydrogen) atoms. The molecule has 3 N–H and O–H groups in total. The molecule has 0 saturated heterocycles. The second-order valence-electron chi connectivity index (χ2n) is 5.88. The fraction of sp³-hybridized carbons (Fsp3) is 0.529. The van der Waals surface area contributed by atoms with Gasteiger partial charge in [0.25, 0.3) is 0 Å². The number of carbonyl (C=O) groups excluding carboxylic acids is 2.